The molecule has 1 aliphatic heterocycles. The number of hydrogen-bond acceptors (Lipinski definition) is 6. The topological polar surface area (TPSA) is 114 Å². The summed E-state index contributed by atoms with van der Waals surface area (Å²) in [7, 11) is 1.57. The van der Waals surface area contributed by atoms with Crippen LogP contribution in [0.4, 0.5) is 5.69 Å². The van der Waals surface area contributed by atoms with Gasteiger partial charge in [-0.25, -0.2) is 4.52 Å². The van der Waals surface area contributed by atoms with E-state index in [0.717, 1.165) is 24.0 Å². The number of benzene rings is 1. The number of pyridine rings is 1. The van der Waals surface area contributed by atoms with Gasteiger partial charge in [-0.15, -0.1) is 0 Å². The van der Waals surface area contributed by atoms with Gasteiger partial charge in [0.15, 0.2) is 0 Å². The molecule has 1 unspecified atom stereocenters. The van der Waals surface area contributed by atoms with Crippen LogP contribution in [0, 0.1) is 11.3 Å². The molecule has 5 rings (SSSR count). The van der Waals surface area contributed by atoms with Crippen LogP contribution in [0.25, 0.3) is 16.6 Å². The summed E-state index contributed by atoms with van der Waals surface area (Å²) in [5.74, 6) is 0.525. The first-order chi connectivity index (χ1) is 16.1. The summed E-state index contributed by atoms with van der Waals surface area (Å²) in [5.41, 5.74) is 9.92. The van der Waals surface area contributed by atoms with Gasteiger partial charge < -0.3 is 15.4 Å². The average molecular weight is 441 g/mol. The highest BCUT2D eigenvalue weighted by atomic mass is 16.5. The summed E-state index contributed by atoms with van der Waals surface area (Å²) >= 11 is 0. The summed E-state index contributed by atoms with van der Waals surface area (Å²) in [5, 5.41) is 18.2. The van der Waals surface area contributed by atoms with Crippen molar-refractivity contribution < 1.29 is 9.53 Å². The van der Waals surface area contributed by atoms with Gasteiger partial charge in [-0.3, -0.25) is 9.48 Å². The summed E-state index contributed by atoms with van der Waals surface area (Å²) in [6.45, 7) is 1.27. The summed E-state index contributed by atoms with van der Waals surface area (Å²) in [6, 6.07) is 11.3. The normalized spacial score (nSPS) is 16.0. The van der Waals surface area contributed by atoms with Crippen LogP contribution in [-0.2, 0) is 0 Å². The van der Waals surface area contributed by atoms with Crippen LogP contribution in [0.3, 0.4) is 0 Å². The molecule has 9 heteroatoms. The average Bonchev–Trinajstić information content (AvgIpc) is 3.51. The molecule has 0 radical (unpaired) electrons. The predicted octanol–water partition coefficient (Wildman–Crippen LogP) is 3.14. The Bertz CT molecular complexity index is 1380. The number of rotatable bonds is 4. The van der Waals surface area contributed by atoms with Gasteiger partial charge in [-0.1, -0.05) is 12.1 Å². The summed E-state index contributed by atoms with van der Waals surface area (Å²) in [6.07, 6.45) is 8.98. The van der Waals surface area contributed by atoms with Crippen molar-refractivity contribution in [3.05, 3.63) is 66.2 Å². The van der Waals surface area contributed by atoms with E-state index in [2.05, 4.69) is 16.3 Å². The predicted molar refractivity (Wildman–Crippen MR) is 123 cm³/mol. The Morgan fingerprint density at radius 2 is 2.06 bits per heavy atom. The molecule has 0 aliphatic carbocycles. The Morgan fingerprint density at radius 3 is 2.85 bits per heavy atom. The van der Waals surface area contributed by atoms with Crippen molar-refractivity contribution in [3.63, 3.8) is 0 Å². The van der Waals surface area contributed by atoms with E-state index in [1.165, 1.54) is 6.20 Å². The smallest absolute Gasteiger partial charge is 0.256 e. The molecule has 166 valence electrons. The van der Waals surface area contributed by atoms with Crippen LogP contribution in [0.1, 0.15) is 34.8 Å². The number of amides is 1. The quantitative estimate of drug-likeness (QED) is 0.487. The van der Waals surface area contributed by atoms with Gasteiger partial charge in [-0.2, -0.15) is 15.5 Å². The van der Waals surface area contributed by atoms with Crippen molar-refractivity contribution in [2.75, 3.05) is 25.9 Å². The Morgan fingerprint density at radius 1 is 1.21 bits per heavy atom. The second kappa shape index (κ2) is 8.31. The van der Waals surface area contributed by atoms with Crippen molar-refractivity contribution in [3.8, 4) is 22.9 Å². The Balaban J connectivity index is 1.40. The first-order valence-corrected chi connectivity index (χ1v) is 10.7. The monoisotopic (exact) mass is 441 g/mol. The van der Waals surface area contributed by atoms with Gasteiger partial charge in [0.2, 0.25) is 0 Å². The van der Waals surface area contributed by atoms with Crippen molar-refractivity contribution in [2.24, 2.45) is 0 Å². The molecule has 9 nitrogen and oxygen atoms in total. The number of methoxy groups -OCH3 is 1. The van der Waals surface area contributed by atoms with Crippen molar-refractivity contribution >= 4 is 17.1 Å². The van der Waals surface area contributed by atoms with Crippen LogP contribution < -0.4 is 10.5 Å². The number of carbonyl (C=O) groups is 1. The SMILES string of the molecule is COc1cc(-c2cnn(C3CCCN(C(=O)c4ccccc4N)C3)c2)cn2ncc(C#N)c12. The van der Waals surface area contributed by atoms with Gasteiger partial charge in [0.25, 0.3) is 5.91 Å². The number of nitrogens with two attached hydrogens (primary N) is 1. The molecule has 1 atom stereocenters. The Hall–Kier alpha value is -4.32. The van der Waals surface area contributed by atoms with Crippen molar-refractivity contribution in [2.45, 2.75) is 18.9 Å². The van der Waals surface area contributed by atoms with E-state index in [0.29, 0.717) is 41.2 Å². The molecule has 0 bridgehead atoms. The standard InChI is InChI=1S/C24H23N7O2/c1-33-22-9-16(13-31-23(22)17(10-25)11-28-31)18-12-27-30(14-18)19-5-4-8-29(15-19)24(32)20-6-2-3-7-21(20)26/h2-3,6-7,9,11-14,19H,4-5,8,15,26H2,1H3. The molecule has 1 amide bonds. The third-order valence-electron chi connectivity index (χ3n) is 6.10. The van der Waals surface area contributed by atoms with Crippen LogP contribution >= 0.6 is 0 Å². The number of carbonyl (C=O) groups excluding carboxylic acids is 1. The maximum absolute atomic E-state index is 13.0. The molecular weight excluding hydrogens is 418 g/mol. The number of anilines is 1. The fourth-order valence-corrected chi connectivity index (χ4v) is 4.38. The molecule has 1 saturated heterocycles. The minimum Gasteiger partial charge on any atom is -0.494 e. The number of aromatic nitrogens is 4. The molecule has 1 aliphatic rings. The minimum atomic E-state index is -0.0488. The van der Waals surface area contributed by atoms with Crippen LogP contribution in [0.15, 0.2) is 55.1 Å². The zero-order valence-electron chi connectivity index (χ0n) is 18.2. The number of nitrogens with zero attached hydrogens (tertiary/aromatic N) is 6. The highest BCUT2D eigenvalue weighted by Crippen LogP contribution is 2.31. The van der Waals surface area contributed by atoms with Gasteiger partial charge in [0.1, 0.15) is 22.9 Å². The molecule has 2 N–H and O–H groups in total. The highest BCUT2D eigenvalue weighted by Gasteiger charge is 2.27. The van der Waals surface area contributed by atoms with Crippen molar-refractivity contribution in [1.82, 2.24) is 24.3 Å². The molecule has 33 heavy (non-hydrogen) atoms. The number of hydrogen-bond donors (Lipinski definition) is 1. The Kier molecular flexibility index (Phi) is 5.18. The maximum atomic E-state index is 13.0. The zero-order chi connectivity index (χ0) is 22.9. The van der Waals surface area contributed by atoms with E-state index in [1.807, 2.05) is 40.2 Å². The number of para-hydroxylation sites is 1. The van der Waals surface area contributed by atoms with Gasteiger partial charge in [0.05, 0.1) is 31.1 Å². The molecular formula is C24H23N7O2. The number of ether oxygens (including phenoxy) is 1. The van der Waals surface area contributed by atoms with Crippen LogP contribution in [-0.4, -0.2) is 50.4 Å². The lowest BCUT2D eigenvalue weighted by Gasteiger charge is -2.33. The third-order valence-corrected chi connectivity index (χ3v) is 6.10. The summed E-state index contributed by atoms with van der Waals surface area (Å²) in [4.78, 5) is 14.9. The number of fused-ring (bicyclic) bond motifs is 1. The number of nitriles is 1. The number of nitrogen functional groups attached to an aromatic ring is 1. The number of likely N-dealkylation sites (tertiary alicyclic amines) is 1. The van der Waals surface area contributed by atoms with Crippen LogP contribution in [0.2, 0.25) is 0 Å². The van der Waals surface area contributed by atoms with E-state index in [9.17, 15) is 10.1 Å². The van der Waals surface area contributed by atoms with Gasteiger partial charge in [0, 0.05) is 42.3 Å². The second-order valence-electron chi connectivity index (χ2n) is 8.10. The molecule has 4 heterocycles. The van der Waals surface area contributed by atoms with Crippen LogP contribution in [0.5, 0.6) is 5.75 Å². The minimum absolute atomic E-state index is 0.0488. The molecule has 1 aromatic carbocycles. The molecule has 3 aromatic heterocycles. The van der Waals surface area contributed by atoms with E-state index >= 15 is 0 Å². The second-order valence-corrected chi connectivity index (χ2v) is 8.10. The lowest BCUT2D eigenvalue weighted by Crippen LogP contribution is -2.41. The van der Waals surface area contributed by atoms with E-state index in [-0.39, 0.29) is 11.9 Å². The Labute approximate surface area is 190 Å². The third kappa shape index (κ3) is 3.65. The first kappa shape index (κ1) is 20.6. The van der Waals surface area contributed by atoms with E-state index in [1.54, 1.807) is 30.0 Å². The van der Waals surface area contributed by atoms with E-state index < -0.39 is 0 Å². The fourth-order valence-electron chi connectivity index (χ4n) is 4.38. The van der Waals surface area contributed by atoms with Gasteiger partial charge in [-0.05, 0) is 31.0 Å². The fraction of sp³-hybridized carbons (Fsp3) is 0.250. The van der Waals surface area contributed by atoms with Crippen molar-refractivity contribution in [1.29, 1.82) is 5.26 Å². The lowest BCUT2D eigenvalue weighted by atomic mass is 10.0. The first-order valence-electron chi connectivity index (χ1n) is 10.7. The largest absolute Gasteiger partial charge is 0.494 e. The van der Waals surface area contributed by atoms with E-state index in [4.69, 9.17) is 10.5 Å². The maximum Gasteiger partial charge on any atom is 0.256 e. The zero-order valence-corrected chi connectivity index (χ0v) is 18.2. The molecule has 4 aromatic rings. The highest BCUT2D eigenvalue weighted by molar-refractivity contribution is 5.99. The molecule has 0 spiro atoms. The summed E-state index contributed by atoms with van der Waals surface area (Å²) < 4.78 is 9.08. The molecule has 0 saturated carbocycles. The number of piperidine rings is 1. The van der Waals surface area contributed by atoms with Gasteiger partial charge >= 0.3 is 0 Å². The lowest BCUT2D eigenvalue weighted by molar-refractivity contribution is 0.0674. The molecule has 1 fully saturated rings.